The Hall–Kier alpha value is -0.820. The van der Waals surface area contributed by atoms with E-state index in [-0.39, 0.29) is 26.5 Å². The Morgan fingerprint density at radius 3 is 2.38 bits per heavy atom. The number of carboxylic acids is 1. The van der Waals surface area contributed by atoms with Gasteiger partial charge >= 0.3 is 5.97 Å². The van der Waals surface area contributed by atoms with Crippen molar-refractivity contribution < 1.29 is 18.3 Å². The molecule has 0 radical (unpaired) electrons. The van der Waals surface area contributed by atoms with Gasteiger partial charge in [0.1, 0.15) is 4.90 Å². The quantitative estimate of drug-likeness (QED) is 0.784. The molecule has 118 valence electrons. The molecule has 0 fully saturated rings. The van der Waals surface area contributed by atoms with Crippen LogP contribution >= 0.6 is 23.2 Å². The summed E-state index contributed by atoms with van der Waals surface area (Å²) in [6.45, 7) is 3.82. The summed E-state index contributed by atoms with van der Waals surface area (Å²) in [4.78, 5) is 10.8. The Balaban J connectivity index is 3.25. The topological polar surface area (TPSA) is 83.5 Å². The number of carboxylic acid groups (broad SMARTS) is 1. The van der Waals surface area contributed by atoms with Gasteiger partial charge in [0.2, 0.25) is 10.0 Å². The van der Waals surface area contributed by atoms with Crippen LogP contribution in [0.4, 0.5) is 0 Å². The van der Waals surface area contributed by atoms with Crippen molar-refractivity contribution >= 4 is 39.2 Å². The molecule has 0 heterocycles. The second-order valence-corrected chi connectivity index (χ2v) is 7.08. The first-order valence-corrected chi connectivity index (χ1v) is 8.71. The van der Waals surface area contributed by atoms with Crippen LogP contribution in [-0.2, 0) is 10.0 Å². The van der Waals surface area contributed by atoms with E-state index in [0.29, 0.717) is 12.8 Å². The maximum atomic E-state index is 12.4. The molecule has 2 N–H and O–H groups in total. The fourth-order valence-electron chi connectivity index (χ4n) is 1.88. The van der Waals surface area contributed by atoms with Crippen LogP contribution in [0.1, 0.15) is 43.5 Å². The van der Waals surface area contributed by atoms with Gasteiger partial charge in [0.15, 0.2) is 0 Å². The van der Waals surface area contributed by atoms with Gasteiger partial charge in [-0.15, -0.1) is 0 Å². The Bertz CT molecular complexity index is 631. The lowest BCUT2D eigenvalue weighted by Gasteiger charge is -2.17. The summed E-state index contributed by atoms with van der Waals surface area (Å²) in [5.74, 6) is -1.31. The largest absolute Gasteiger partial charge is 0.478 e. The fourth-order valence-corrected chi connectivity index (χ4v) is 4.08. The van der Waals surface area contributed by atoms with Gasteiger partial charge in [-0.25, -0.2) is 17.9 Å². The highest BCUT2D eigenvalue weighted by Crippen LogP contribution is 2.29. The smallest absolute Gasteiger partial charge is 0.337 e. The second-order valence-electron chi connectivity index (χ2n) is 4.58. The van der Waals surface area contributed by atoms with Crippen LogP contribution in [0.5, 0.6) is 0 Å². The monoisotopic (exact) mass is 353 g/mol. The molecule has 0 aromatic heterocycles. The molecule has 0 aliphatic rings. The van der Waals surface area contributed by atoms with Crippen LogP contribution in [0.3, 0.4) is 0 Å². The predicted octanol–water partition coefficient (Wildman–Crippen LogP) is 3.55. The number of carbonyl (C=O) groups is 1. The van der Waals surface area contributed by atoms with Crippen LogP contribution < -0.4 is 4.72 Å². The van der Waals surface area contributed by atoms with E-state index < -0.39 is 16.0 Å². The predicted molar refractivity (Wildman–Crippen MR) is 82.7 cm³/mol. The lowest BCUT2D eigenvalue weighted by Crippen LogP contribution is -2.34. The average Bonchev–Trinajstić information content (AvgIpc) is 2.37. The molecule has 21 heavy (non-hydrogen) atoms. The Morgan fingerprint density at radius 2 is 1.90 bits per heavy atom. The van der Waals surface area contributed by atoms with Gasteiger partial charge in [0.25, 0.3) is 0 Å². The third kappa shape index (κ3) is 4.57. The molecule has 0 saturated heterocycles. The molecule has 0 bridgehead atoms. The number of halogens is 2. The Morgan fingerprint density at radius 1 is 1.29 bits per heavy atom. The SMILES string of the molecule is CCCC(CC)NS(=O)(=O)c1cc(C(=O)O)c(Cl)cc1Cl. The molecule has 0 spiro atoms. The van der Waals surface area contributed by atoms with Gasteiger partial charge in [-0.3, -0.25) is 0 Å². The summed E-state index contributed by atoms with van der Waals surface area (Å²) in [6, 6.07) is 1.88. The minimum absolute atomic E-state index is 0.105. The number of hydrogen-bond donors (Lipinski definition) is 2. The first-order valence-electron chi connectivity index (χ1n) is 6.47. The maximum Gasteiger partial charge on any atom is 0.337 e. The molecule has 1 atom stereocenters. The van der Waals surface area contributed by atoms with Gasteiger partial charge in [-0.05, 0) is 25.0 Å². The standard InChI is InChI=1S/C13H17Cl2NO4S/c1-3-5-8(4-2)16-21(19,20)12-6-9(13(17)18)10(14)7-11(12)15/h6-8,16H,3-5H2,1-2H3,(H,17,18). The summed E-state index contributed by atoms with van der Waals surface area (Å²) >= 11 is 11.6. The van der Waals surface area contributed by atoms with Crippen LogP contribution in [0.2, 0.25) is 10.0 Å². The highest BCUT2D eigenvalue weighted by atomic mass is 35.5. The molecule has 1 aromatic rings. The molecule has 0 saturated carbocycles. The molecule has 0 aliphatic heterocycles. The molecule has 1 aromatic carbocycles. The minimum atomic E-state index is -3.90. The fraction of sp³-hybridized carbons (Fsp3) is 0.462. The molecule has 0 aliphatic carbocycles. The van der Waals surface area contributed by atoms with Crippen molar-refractivity contribution in [2.24, 2.45) is 0 Å². The molecule has 5 nitrogen and oxygen atoms in total. The van der Waals surface area contributed by atoms with E-state index in [1.54, 1.807) is 0 Å². The Labute approximate surface area is 134 Å². The molecule has 1 unspecified atom stereocenters. The number of rotatable bonds is 7. The van der Waals surface area contributed by atoms with Gasteiger partial charge in [-0.1, -0.05) is 43.5 Å². The highest BCUT2D eigenvalue weighted by Gasteiger charge is 2.24. The molecule has 0 amide bonds. The molecule has 8 heteroatoms. The third-order valence-corrected chi connectivity index (χ3v) is 5.29. The highest BCUT2D eigenvalue weighted by molar-refractivity contribution is 7.89. The third-order valence-electron chi connectivity index (χ3n) is 2.99. The van der Waals surface area contributed by atoms with Crippen LogP contribution in [0.15, 0.2) is 17.0 Å². The van der Waals surface area contributed by atoms with Crippen molar-refractivity contribution in [1.82, 2.24) is 4.72 Å². The summed E-state index contributed by atoms with van der Waals surface area (Å²) in [5.41, 5.74) is -0.301. The van der Waals surface area contributed by atoms with Gasteiger partial charge in [0, 0.05) is 6.04 Å². The molecular weight excluding hydrogens is 337 g/mol. The van der Waals surface area contributed by atoms with E-state index in [1.165, 1.54) is 0 Å². The summed E-state index contributed by atoms with van der Waals surface area (Å²) in [7, 11) is -3.90. The van der Waals surface area contributed by atoms with E-state index in [0.717, 1.165) is 18.6 Å². The lowest BCUT2D eigenvalue weighted by molar-refractivity contribution is 0.0697. The number of aromatic carboxylic acids is 1. The normalized spacial score (nSPS) is 13.1. The average molecular weight is 354 g/mol. The van der Waals surface area contributed by atoms with Crippen molar-refractivity contribution in [1.29, 1.82) is 0 Å². The first-order chi connectivity index (χ1) is 9.72. The van der Waals surface area contributed by atoms with Crippen molar-refractivity contribution in [2.45, 2.75) is 44.0 Å². The van der Waals surface area contributed by atoms with Gasteiger partial charge < -0.3 is 5.11 Å². The van der Waals surface area contributed by atoms with Crippen molar-refractivity contribution in [3.8, 4) is 0 Å². The molecular formula is C13H17Cl2NO4S. The second kappa shape index (κ2) is 7.45. The number of sulfonamides is 1. The summed E-state index contributed by atoms with van der Waals surface area (Å²) in [6.07, 6.45) is 2.15. The Kier molecular flexibility index (Phi) is 6.46. The number of benzene rings is 1. The van der Waals surface area contributed by atoms with E-state index in [2.05, 4.69) is 4.72 Å². The minimum Gasteiger partial charge on any atom is -0.478 e. The summed E-state index contributed by atoms with van der Waals surface area (Å²) in [5, 5.41) is 8.80. The zero-order valence-corrected chi connectivity index (χ0v) is 14.0. The van der Waals surface area contributed by atoms with Crippen molar-refractivity contribution in [3.63, 3.8) is 0 Å². The van der Waals surface area contributed by atoms with Gasteiger partial charge in [-0.2, -0.15) is 0 Å². The van der Waals surface area contributed by atoms with Crippen LogP contribution in [-0.4, -0.2) is 25.5 Å². The van der Waals surface area contributed by atoms with Crippen LogP contribution in [0.25, 0.3) is 0 Å². The molecule has 1 rings (SSSR count). The van der Waals surface area contributed by atoms with Crippen molar-refractivity contribution in [3.05, 3.63) is 27.7 Å². The number of nitrogens with one attached hydrogen (secondary N) is 1. The van der Waals surface area contributed by atoms with E-state index >= 15 is 0 Å². The van der Waals surface area contributed by atoms with E-state index in [4.69, 9.17) is 28.3 Å². The first kappa shape index (κ1) is 18.2. The van der Waals surface area contributed by atoms with E-state index in [1.807, 2.05) is 13.8 Å². The van der Waals surface area contributed by atoms with Crippen LogP contribution in [0, 0.1) is 0 Å². The van der Waals surface area contributed by atoms with Gasteiger partial charge in [0.05, 0.1) is 15.6 Å². The van der Waals surface area contributed by atoms with Crippen molar-refractivity contribution in [2.75, 3.05) is 0 Å². The maximum absolute atomic E-state index is 12.4. The summed E-state index contributed by atoms with van der Waals surface area (Å²) < 4.78 is 27.2. The van der Waals surface area contributed by atoms with E-state index in [9.17, 15) is 13.2 Å². The number of hydrogen-bond acceptors (Lipinski definition) is 3. The zero-order chi connectivity index (χ0) is 16.2. The zero-order valence-electron chi connectivity index (χ0n) is 11.7. The lowest BCUT2D eigenvalue weighted by atomic mass is 10.1.